The van der Waals surface area contributed by atoms with Crippen molar-refractivity contribution >= 4 is 29.3 Å². The van der Waals surface area contributed by atoms with Gasteiger partial charge in [0.1, 0.15) is 0 Å². The molecular formula is C13H18ClNO3S. The van der Waals surface area contributed by atoms with Gasteiger partial charge in [0.25, 0.3) is 0 Å². The number of aliphatic hydroxyl groups excluding tert-OH is 1. The number of thioether (sulfide) groups is 1. The molecule has 106 valence electrons. The standard InChI is InChI=1S/C13H18ClNO3S/c14-11-2-4-12(5-3-11)19-10-13(17)15-6-1-8-18-9-7-16/h2-5,16H,1,6-10H2,(H,15,17). The monoisotopic (exact) mass is 303 g/mol. The minimum absolute atomic E-state index is 0.00195. The van der Waals surface area contributed by atoms with Crippen molar-refractivity contribution in [2.24, 2.45) is 0 Å². The van der Waals surface area contributed by atoms with Crippen LogP contribution in [0.1, 0.15) is 6.42 Å². The lowest BCUT2D eigenvalue weighted by Crippen LogP contribution is -2.26. The zero-order chi connectivity index (χ0) is 13.9. The van der Waals surface area contributed by atoms with Crippen LogP contribution in [0.3, 0.4) is 0 Å². The molecule has 0 fully saturated rings. The zero-order valence-corrected chi connectivity index (χ0v) is 12.2. The van der Waals surface area contributed by atoms with E-state index >= 15 is 0 Å². The molecule has 0 aliphatic heterocycles. The molecule has 2 N–H and O–H groups in total. The van der Waals surface area contributed by atoms with Crippen molar-refractivity contribution in [2.75, 3.05) is 32.1 Å². The molecule has 0 unspecified atom stereocenters. The van der Waals surface area contributed by atoms with Crippen molar-refractivity contribution in [1.82, 2.24) is 5.32 Å². The molecular weight excluding hydrogens is 286 g/mol. The second kappa shape index (κ2) is 10.1. The molecule has 1 aromatic carbocycles. The van der Waals surface area contributed by atoms with Gasteiger partial charge < -0.3 is 15.2 Å². The molecule has 0 aliphatic carbocycles. The Labute approximate surface area is 122 Å². The number of benzene rings is 1. The van der Waals surface area contributed by atoms with Crippen LogP contribution in [0.25, 0.3) is 0 Å². The van der Waals surface area contributed by atoms with Crippen LogP contribution in [0.4, 0.5) is 0 Å². The lowest BCUT2D eigenvalue weighted by molar-refractivity contribution is -0.118. The van der Waals surface area contributed by atoms with Gasteiger partial charge in [-0.2, -0.15) is 0 Å². The maximum atomic E-state index is 11.5. The van der Waals surface area contributed by atoms with E-state index in [4.69, 9.17) is 21.4 Å². The molecule has 0 saturated carbocycles. The molecule has 0 spiro atoms. The number of aliphatic hydroxyl groups is 1. The average molecular weight is 304 g/mol. The fraction of sp³-hybridized carbons (Fsp3) is 0.462. The summed E-state index contributed by atoms with van der Waals surface area (Å²) < 4.78 is 5.09. The first kappa shape index (κ1) is 16.3. The maximum Gasteiger partial charge on any atom is 0.230 e. The van der Waals surface area contributed by atoms with E-state index in [1.54, 1.807) is 12.1 Å². The number of ether oxygens (including phenoxy) is 1. The van der Waals surface area contributed by atoms with Crippen LogP contribution in [0.2, 0.25) is 5.02 Å². The Morgan fingerprint density at radius 3 is 2.74 bits per heavy atom. The summed E-state index contributed by atoms with van der Waals surface area (Å²) in [5.74, 6) is 0.390. The predicted octanol–water partition coefficient (Wildman–Crippen LogP) is 1.95. The van der Waals surface area contributed by atoms with Gasteiger partial charge in [-0.25, -0.2) is 0 Å². The number of halogens is 1. The second-order valence-electron chi connectivity index (χ2n) is 3.78. The molecule has 1 aromatic rings. The summed E-state index contributed by atoms with van der Waals surface area (Å²) in [6, 6.07) is 7.40. The Morgan fingerprint density at radius 1 is 1.32 bits per heavy atom. The first-order valence-electron chi connectivity index (χ1n) is 6.06. The molecule has 0 saturated heterocycles. The average Bonchev–Trinajstić information content (AvgIpc) is 2.42. The summed E-state index contributed by atoms with van der Waals surface area (Å²) >= 11 is 7.25. The first-order valence-corrected chi connectivity index (χ1v) is 7.42. The number of hydrogen-bond acceptors (Lipinski definition) is 4. The highest BCUT2D eigenvalue weighted by Crippen LogP contribution is 2.19. The van der Waals surface area contributed by atoms with Gasteiger partial charge in [-0.15, -0.1) is 11.8 Å². The number of carbonyl (C=O) groups excluding carboxylic acids is 1. The molecule has 19 heavy (non-hydrogen) atoms. The quantitative estimate of drug-likeness (QED) is 0.541. The molecule has 0 bridgehead atoms. The zero-order valence-electron chi connectivity index (χ0n) is 10.6. The Morgan fingerprint density at radius 2 is 2.05 bits per heavy atom. The molecule has 4 nitrogen and oxygen atoms in total. The minimum Gasteiger partial charge on any atom is -0.394 e. The minimum atomic E-state index is 0.00195. The van der Waals surface area contributed by atoms with Gasteiger partial charge >= 0.3 is 0 Å². The van der Waals surface area contributed by atoms with E-state index in [0.717, 1.165) is 11.3 Å². The summed E-state index contributed by atoms with van der Waals surface area (Å²) in [7, 11) is 0. The molecule has 6 heteroatoms. The van der Waals surface area contributed by atoms with Gasteiger partial charge in [-0.1, -0.05) is 11.6 Å². The molecule has 0 aromatic heterocycles. The molecule has 1 rings (SSSR count). The molecule has 0 radical (unpaired) electrons. The third-order valence-corrected chi connectivity index (χ3v) is 3.47. The number of amides is 1. The van der Waals surface area contributed by atoms with Crippen molar-refractivity contribution in [3.63, 3.8) is 0 Å². The molecule has 0 aliphatic rings. The summed E-state index contributed by atoms with van der Waals surface area (Å²) in [6.45, 7) is 1.51. The third kappa shape index (κ3) is 8.10. The fourth-order valence-electron chi connectivity index (χ4n) is 1.30. The second-order valence-corrected chi connectivity index (χ2v) is 5.27. The highest BCUT2D eigenvalue weighted by molar-refractivity contribution is 8.00. The predicted molar refractivity (Wildman–Crippen MR) is 77.7 cm³/mol. The number of rotatable bonds is 9. The van der Waals surface area contributed by atoms with E-state index in [1.807, 2.05) is 12.1 Å². The summed E-state index contributed by atoms with van der Waals surface area (Å²) in [6.07, 6.45) is 0.747. The number of nitrogens with one attached hydrogen (secondary N) is 1. The van der Waals surface area contributed by atoms with Gasteiger partial charge in [0, 0.05) is 23.1 Å². The highest BCUT2D eigenvalue weighted by atomic mass is 35.5. The van der Waals surface area contributed by atoms with Crippen LogP contribution in [0, 0.1) is 0 Å². The first-order chi connectivity index (χ1) is 9.22. The third-order valence-electron chi connectivity index (χ3n) is 2.21. The normalized spacial score (nSPS) is 10.4. The van der Waals surface area contributed by atoms with Crippen molar-refractivity contribution in [3.8, 4) is 0 Å². The van der Waals surface area contributed by atoms with Gasteiger partial charge in [0.2, 0.25) is 5.91 Å². The Kier molecular flexibility index (Phi) is 8.66. The number of hydrogen-bond donors (Lipinski definition) is 2. The van der Waals surface area contributed by atoms with Gasteiger partial charge in [0.05, 0.1) is 19.0 Å². The van der Waals surface area contributed by atoms with Crippen molar-refractivity contribution in [3.05, 3.63) is 29.3 Å². The molecule has 1 amide bonds. The Hall–Kier alpha value is -0.750. The number of carbonyl (C=O) groups is 1. The van der Waals surface area contributed by atoms with Crippen LogP contribution < -0.4 is 5.32 Å². The van der Waals surface area contributed by atoms with E-state index < -0.39 is 0 Å². The van der Waals surface area contributed by atoms with Crippen molar-refractivity contribution in [1.29, 1.82) is 0 Å². The topological polar surface area (TPSA) is 58.6 Å². The molecule has 0 heterocycles. The molecule has 0 atom stereocenters. The van der Waals surface area contributed by atoms with Gasteiger partial charge in [-0.05, 0) is 30.7 Å². The lowest BCUT2D eigenvalue weighted by atomic mass is 10.4. The highest BCUT2D eigenvalue weighted by Gasteiger charge is 2.02. The van der Waals surface area contributed by atoms with Crippen LogP contribution in [0.5, 0.6) is 0 Å². The van der Waals surface area contributed by atoms with Crippen molar-refractivity contribution in [2.45, 2.75) is 11.3 Å². The largest absolute Gasteiger partial charge is 0.394 e. The van der Waals surface area contributed by atoms with Crippen LogP contribution in [-0.2, 0) is 9.53 Å². The van der Waals surface area contributed by atoms with E-state index in [0.29, 0.717) is 30.5 Å². The van der Waals surface area contributed by atoms with Crippen LogP contribution >= 0.6 is 23.4 Å². The van der Waals surface area contributed by atoms with Crippen LogP contribution in [-0.4, -0.2) is 43.1 Å². The van der Waals surface area contributed by atoms with E-state index in [1.165, 1.54) is 11.8 Å². The van der Waals surface area contributed by atoms with Gasteiger partial charge in [0.15, 0.2) is 0 Å². The fourth-order valence-corrected chi connectivity index (χ4v) is 2.15. The van der Waals surface area contributed by atoms with E-state index in [9.17, 15) is 4.79 Å². The van der Waals surface area contributed by atoms with Crippen molar-refractivity contribution < 1.29 is 14.6 Å². The van der Waals surface area contributed by atoms with Gasteiger partial charge in [-0.3, -0.25) is 4.79 Å². The lowest BCUT2D eigenvalue weighted by Gasteiger charge is -2.05. The van der Waals surface area contributed by atoms with Crippen LogP contribution in [0.15, 0.2) is 29.2 Å². The maximum absolute atomic E-state index is 11.5. The summed E-state index contributed by atoms with van der Waals surface area (Å²) in [5.41, 5.74) is 0. The summed E-state index contributed by atoms with van der Waals surface area (Å²) in [5, 5.41) is 12.0. The Bertz CT molecular complexity index is 373. The summed E-state index contributed by atoms with van der Waals surface area (Å²) in [4.78, 5) is 12.6. The van der Waals surface area contributed by atoms with E-state index in [-0.39, 0.29) is 12.5 Å². The SMILES string of the molecule is O=C(CSc1ccc(Cl)cc1)NCCCOCCO. The van der Waals surface area contributed by atoms with E-state index in [2.05, 4.69) is 5.32 Å². The Balaban J connectivity index is 2.06. The smallest absolute Gasteiger partial charge is 0.230 e.